The number of hydrogen-bond acceptors (Lipinski definition) is 5. The van der Waals surface area contributed by atoms with Crippen molar-refractivity contribution in [1.29, 1.82) is 0 Å². The third kappa shape index (κ3) is 2.72. The Morgan fingerprint density at radius 3 is 2.88 bits per heavy atom. The first-order valence-electron chi connectivity index (χ1n) is 7.61. The predicted octanol–water partition coefficient (Wildman–Crippen LogP) is 4.84. The maximum absolute atomic E-state index is 14.1. The van der Waals surface area contributed by atoms with E-state index in [1.807, 2.05) is 0 Å². The van der Waals surface area contributed by atoms with Gasteiger partial charge >= 0.3 is 0 Å². The summed E-state index contributed by atoms with van der Waals surface area (Å²) >= 11 is 5.77. The fourth-order valence-corrected chi connectivity index (χ4v) is 2.79. The van der Waals surface area contributed by atoms with Gasteiger partial charge in [0.15, 0.2) is 11.6 Å². The highest BCUT2D eigenvalue weighted by Gasteiger charge is 2.21. The Morgan fingerprint density at radius 1 is 1.27 bits per heavy atom. The highest BCUT2D eigenvalue weighted by Crippen LogP contribution is 2.29. The molecule has 0 unspecified atom stereocenters. The third-order valence-electron chi connectivity index (χ3n) is 3.84. The summed E-state index contributed by atoms with van der Waals surface area (Å²) in [7, 11) is 0. The third-order valence-corrected chi connectivity index (χ3v) is 4.13. The fourth-order valence-electron chi connectivity index (χ4n) is 2.61. The molecule has 0 aliphatic heterocycles. The molecule has 6 nitrogen and oxygen atoms in total. The van der Waals surface area contributed by atoms with Gasteiger partial charge in [-0.05, 0) is 37.3 Å². The Balaban J connectivity index is 1.83. The fraction of sp³-hybridized carbons (Fsp3) is 0.0556. The first-order valence-corrected chi connectivity index (χ1v) is 7.98. The van der Waals surface area contributed by atoms with Crippen molar-refractivity contribution < 1.29 is 18.1 Å². The van der Waals surface area contributed by atoms with E-state index in [9.17, 15) is 9.18 Å². The van der Waals surface area contributed by atoms with E-state index in [0.29, 0.717) is 22.5 Å². The molecule has 130 valence electrons. The number of carbonyl (C=O) groups excluding carboxylic acids is 1. The summed E-state index contributed by atoms with van der Waals surface area (Å²) in [5, 5.41) is 6.74. The van der Waals surface area contributed by atoms with Crippen LogP contribution in [0.3, 0.4) is 0 Å². The molecular formula is C18H11ClFN3O3. The van der Waals surface area contributed by atoms with Crippen molar-refractivity contribution in [2.45, 2.75) is 6.92 Å². The van der Waals surface area contributed by atoms with E-state index < -0.39 is 11.7 Å². The zero-order valence-electron chi connectivity index (χ0n) is 13.4. The smallest absolute Gasteiger partial charge is 0.259 e. The number of nitrogens with one attached hydrogen (secondary N) is 1. The van der Waals surface area contributed by atoms with Crippen LogP contribution in [0.2, 0.25) is 5.02 Å². The van der Waals surface area contributed by atoms with E-state index >= 15 is 0 Å². The number of halogens is 2. The van der Waals surface area contributed by atoms with Gasteiger partial charge in [-0.15, -0.1) is 0 Å². The number of benzene rings is 1. The molecule has 8 heteroatoms. The molecule has 0 fully saturated rings. The number of rotatable bonds is 3. The van der Waals surface area contributed by atoms with Gasteiger partial charge in [-0.3, -0.25) is 4.79 Å². The molecule has 0 spiro atoms. The summed E-state index contributed by atoms with van der Waals surface area (Å²) < 4.78 is 24.6. The minimum atomic E-state index is -0.707. The predicted molar refractivity (Wildman–Crippen MR) is 93.6 cm³/mol. The van der Waals surface area contributed by atoms with Gasteiger partial charge in [-0.1, -0.05) is 22.8 Å². The molecule has 1 aromatic carbocycles. The molecule has 3 heterocycles. The van der Waals surface area contributed by atoms with Crippen molar-refractivity contribution in [1.82, 2.24) is 10.1 Å². The number of nitrogens with zero attached hydrogens (tertiary/aromatic N) is 2. The molecule has 1 amide bonds. The van der Waals surface area contributed by atoms with Crippen LogP contribution in [0.4, 0.5) is 10.1 Å². The molecule has 0 aliphatic carbocycles. The van der Waals surface area contributed by atoms with E-state index in [4.69, 9.17) is 20.5 Å². The van der Waals surface area contributed by atoms with Crippen LogP contribution in [0.25, 0.3) is 22.6 Å². The number of pyridine rings is 1. The molecule has 1 N–H and O–H groups in total. The second-order valence-electron chi connectivity index (χ2n) is 5.54. The molecule has 3 aromatic heterocycles. The molecule has 26 heavy (non-hydrogen) atoms. The number of aryl methyl sites for hydroxylation is 1. The number of furan rings is 1. The molecule has 0 saturated carbocycles. The second kappa shape index (κ2) is 6.27. The van der Waals surface area contributed by atoms with Gasteiger partial charge in [0.05, 0.1) is 33.6 Å². The average Bonchev–Trinajstić information content (AvgIpc) is 3.28. The molecular weight excluding hydrogens is 361 g/mol. The standard InChI is InChI=1S/C18H11ClFN3O3/c1-9-15-10(17(24)21-12-5-2-4-11(19)16(12)20)8-13(14-6-3-7-25-14)22-18(15)26-23-9/h2-8H,1H3,(H,21,24). The molecule has 4 rings (SSSR count). The summed E-state index contributed by atoms with van der Waals surface area (Å²) in [5.74, 6) is -0.789. The Hall–Kier alpha value is -3.19. The van der Waals surface area contributed by atoms with Crippen LogP contribution in [0.5, 0.6) is 0 Å². The number of aromatic nitrogens is 2. The van der Waals surface area contributed by atoms with Gasteiger partial charge in [0.2, 0.25) is 0 Å². The van der Waals surface area contributed by atoms with Gasteiger partial charge < -0.3 is 14.3 Å². The number of fused-ring (bicyclic) bond motifs is 1. The lowest BCUT2D eigenvalue weighted by Gasteiger charge is -2.09. The lowest BCUT2D eigenvalue weighted by atomic mass is 10.1. The maximum Gasteiger partial charge on any atom is 0.259 e. The number of carbonyl (C=O) groups is 1. The zero-order chi connectivity index (χ0) is 18.3. The van der Waals surface area contributed by atoms with E-state index in [1.165, 1.54) is 18.4 Å². The summed E-state index contributed by atoms with van der Waals surface area (Å²) in [6.07, 6.45) is 1.49. The van der Waals surface area contributed by atoms with Gasteiger partial charge in [-0.2, -0.15) is 0 Å². The van der Waals surface area contributed by atoms with Gasteiger partial charge in [0, 0.05) is 0 Å². The maximum atomic E-state index is 14.1. The van der Waals surface area contributed by atoms with Crippen molar-refractivity contribution in [2.24, 2.45) is 0 Å². The monoisotopic (exact) mass is 371 g/mol. The van der Waals surface area contributed by atoms with Crippen LogP contribution in [-0.2, 0) is 0 Å². The summed E-state index contributed by atoms with van der Waals surface area (Å²) in [6, 6.07) is 9.32. The zero-order valence-corrected chi connectivity index (χ0v) is 14.2. The highest BCUT2D eigenvalue weighted by molar-refractivity contribution is 6.31. The second-order valence-corrected chi connectivity index (χ2v) is 5.94. The number of hydrogen-bond donors (Lipinski definition) is 1. The Bertz CT molecular complexity index is 1120. The quantitative estimate of drug-likeness (QED) is 0.557. The summed E-state index contributed by atoms with van der Waals surface area (Å²) in [6.45, 7) is 1.69. The van der Waals surface area contributed by atoms with Crippen LogP contribution < -0.4 is 5.32 Å². The van der Waals surface area contributed by atoms with Crippen molar-refractivity contribution >= 4 is 34.3 Å². The van der Waals surface area contributed by atoms with E-state index in [1.54, 1.807) is 31.2 Å². The van der Waals surface area contributed by atoms with Crippen molar-refractivity contribution in [3.8, 4) is 11.5 Å². The lowest BCUT2D eigenvalue weighted by Crippen LogP contribution is -2.14. The Labute approximate surface area is 151 Å². The minimum Gasteiger partial charge on any atom is -0.463 e. The van der Waals surface area contributed by atoms with E-state index in [2.05, 4.69) is 15.5 Å². The number of anilines is 1. The Kier molecular flexibility index (Phi) is 3.93. The van der Waals surface area contributed by atoms with Gasteiger partial charge in [-0.25, -0.2) is 9.37 Å². The first kappa shape index (κ1) is 16.3. The van der Waals surface area contributed by atoms with Crippen LogP contribution >= 0.6 is 11.6 Å². The lowest BCUT2D eigenvalue weighted by molar-refractivity contribution is 0.102. The topological polar surface area (TPSA) is 81.2 Å². The van der Waals surface area contributed by atoms with E-state index in [-0.39, 0.29) is 22.0 Å². The molecule has 0 radical (unpaired) electrons. The van der Waals surface area contributed by atoms with Crippen molar-refractivity contribution in [3.63, 3.8) is 0 Å². The normalized spacial score (nSPS) is 11.0. The van der Waals surface area contributed by atoms with Crippen LogP contribution in [0.1, 0.15) is 16.1 Å². The largest absolute Gasteiger partial charge is 0.463 e. The number of amides is 1. The first-order chi connectivity index (χ1) is 12.5. The SMILES string of the molecule is Cc1noc2nc(-c3ccco3)cc(C(=O)Nc3cccc(Cl)c3F)c12. The van der Waals surface area contributed by atoms with Crippen molar-refractivity contribution in [3.05, 3.63) is 64.8 Å². The van der Waals surface area contributed by atoms with Crippen molar-refractivity contribution in [2.75, 3.05) is 5.32 Å². The summed E-state index contributed by atoms with van der Waals surface area (Å²) in [5.41, 5.74) is 1.29. The molecule has 0 bridgehead atoms. The molecule has 0 aliphatic rings. The minimum absolute atomic E-state index is 0.0267. The van der Waals surface area contributed by atoms with Crippen LogP contribution in [0.15, 0.2) is 51.6 Å². The van der Waals surface area contributed by atoms with Crippen LogP contribution in [0, 0.1) is 12.7 Å². The molecule has 0 saturated heterocycles. The molecule has 4 aromatic rings. The average molecular weight is 372 g/mol. The van der Waals surface area contributed by atoms with Gasteiger partial charge in [0.1, 0.15) is 5.69 Å². The summed E-state index contributed by atoms with van der Waals surface area (Å²) in [4.78, 5) is 17.1. The van der Waals surface area contributed by atoms with Gasteiger partial charge in [0.25, 0.3) is 11.6 Å². The highest BCUT2D eigenvalue weighted by atomic mass is 35.5. The molecule has 0 atom stereocenters. The Morgan fingerprint density at radius 2 is 2.12 bits per heavy atom. The van der Waals surface area contributed by atoms with E-state index in [0.717, 1.165) is 0 Å². The van der Waals surface area contributed by atoms with Crippen LogP contribution in [-0.4, -0.2) is 16.0 Å².